The van der Waals surface area contributed by atoms with Crippen LogP contribution in [0.2, 0.25) is 0 Å². The number of nitrogens with two attached hydrogens (primary N) is 1. The lowest BCUT2D eigenvalue weighted by molar-refractivity contribution is 0.185. The molecule has 1 aromatic carbocycles. The molecular formula is C13H17N3O3S. The highest BCUT2D eigenvalue weighted by Gasteiger charge is 2.16. The SMILES string of the molecule is COCc1cccc(NS(=O)(=O)c2c[nH]c(CN)c2)c1. The summed E-state index contributed by atoms with van der Waals surface area (Å²) >= 11 is 0. The minimum atomic E-state index is -3.61. The molecule has 0 aliphatic heterocycles. The average molecular weight is 295 g/mol. The maximum Gasteiger partial charge on any atom is 0.263 e. The third-order valence-corrected chi connectivity index (χ3v) is 4.10. The molecule has 7 heteroatoms. The number of hydrogen-bond donors (Lipinski definition) is 3. The Morgan fingerprint density at radius 2 is 2.15 bits per heavy atom. The van der Waals surface area contributed by atoms with Crippen LogP contribution >= 0.6 is 0 Å². The van der Waals surface area contributed by atoms with Crippen LogP contribution in [0.25, 0.3) is 0 Å². The lowest BCUT2D eigenvalue weighted by Gasteiger charge is -2.08. The van der Waals surface area contributed by atoms with E-state index in [1.54, 1.807) is 25.3 Å². The van der Waals surface area contributed by atoms with Crippen molar-refractivity contribution < 1.29 is 13.2 Å². The molecule has 6 nitrogen and oxygen atoms in total. The Morgan fingerprint density at radius 1 is 1.35 bits per heavy atom. The molecule has 2 rings (SSSR count). The summed E-state index contributed by atoms with van der Waals surface area (Å²) in [6.07, 6.45) is 1.42. The van der Waals surface area contributed by atoms with E-state index < -0.39 is 10.0 Å². The van der Waals surface area contributed by atoms with E-state index in [0.29, 0.717) is 18.0 Å². The lowest BCUT2D eigenvalue weighted by Crippen LogP contribution is -2.12. The number of H-pyrrole nitrogens is 1. The van der Waals surface area contributed by atoms with Crippen LogP contribution in [0, 0.1) is 0 Å². The highest BCUT2D eigenvalue weighted by molar-refractivity contribution is 7.92. The first kappa shape index (κ1) is 14.6. The maximum absolute atomic E-state index is 12.2. The zero-order chi connectivity index (χ0) is 14.6. The van der Waals surface area contributed by atoms with E-state index in [4.69, 9.17) is 10.5 Å². The number of methoxy groups -OCH3 is 1. The lowest BCUT2D eigenvalue weighted by atomic mass is 10.2. The number of benzene rings is 1. The molecule has 1 heterocycles. The molecule has 108 valence electrons. The van der Waals surface area contributed by atoms with Crippen molar-refractivity contribution in [1.29, 1.82) is 0 Å². The molecule has 0 saturated carbocycles. The largest absolute Gasteiger partial charge is 0.380 e. The highest BCUT2D eigenvalue weighted by Crippen LogP contribution is 2.18. The second kappa shape index (κ2) is 6.08. The van der Waals surface area contributed by atoms with Crippen LogP contribution in [-0.4, -0.2) is 20.5 Å². The van der Waals surface area contributed by atoms with Gasteiger partial charge in [0.2, 0.25) is 0 Å². The smallest absolute Gasteiger partial charge is 0.263 e. The summed E-state index contributed by atoms with van der Waals surface area (Å²) in [5.41, 5.74) is 7.51. The quantitative estimate of drug-likeness (QED) is 0.750. The summed E-state index contributed by atoms with van der Waals surface area (Å²) in [5.74, 6) is 0. The molecule has 0 fully saturated rings. The summed E-state index contributed by atoms with van der Waals surface area (Å²) in [4.78, 5) is 2.98. The third-order valence-electron chi connectivity index (χ3n) is 2.74. The Bertz CT molecular complexity index is 680. The van der Waals surface area contributed by atoms with Gasteiger partial charge in [0.15, 0.2) is 0 Å². The van der Waals surface area contributed by atoms with Crippen molar-refractivity contribution >= 4 is 15.7 Å². The van der Waals surface area contributed by atoms with E-state index in [1.807, 2.05) is 6.07 Å². The molecule has 0 aliphatic carbocycles. The molecule has 0 bridgehead atoms. The summed E-state index contributed by atoms with van der Waals surface area (Å²) in [5, 5.41) is 0. The molecule has 1 aromatic heterocycles. The van der Waals surface area contributed by atoms with Gasteiger partial charge in [0.25, 0.3) is 10.0 Å². The number of sulfonamides is 1. The molecule has 0 amide bonds. The molecule has 0 unspecified atom stereocenters. The van der Waals surface area contributed by atoms with Crippen molar-refractivity contribution in [2.75, 3.05) is 11.8 Å². The van der Waals surface area contributed by atoms with Crippen molar-refractivity contribution in [3.8, 4) is 0 Å². The van der Waals surface area contributed by atoms with Gasteiger partial charge in [-0.25, -0.2) is 8.42 Å². The Kier molecular flexibility index (Phi) is 4.43. The zero-order valence-corrected chi connectivity index (χ0v) is 11.9. The van der Waals surface area contributed by atoms with Gasteiger partial charge in [-0.2, -0.15) is 0 Å². The molecular weight excluding hydrogens is 278 g/mol. The summed E-state index contributed by atoms with van der Waals surface area (Å²) in [7, 11) is -2.02. The fourth-order valence-electron chi connectivity index (χ4n) is 1.80. The van der Waals surface area contributed by atoms with Gasteiger partial charge in [0.1, 0.15) is 4.90 Å². The van der Waals surface area contributed by atoms with E-state index in [-0.39, 0.29) is 11.4 Å². The van der Waals surface area contributed by atoms with Gasteiger partial charge >= 0.3 is 0 Å². The number of hydrogen-bond acceptors (Lipinski definition) is 4. The fourth-order valence-corrected chi connectivity index (χ4v) is 2.86. The van der Waals surface area contributed by atoms with Crippen molar-refractivity contribution in [3.63, 3.8) is 0 Å². The Morgan fingerprint density at radius 3 is 2.80 bits per heavy atom. The van der Waals surface area contributed by atoms with E-state index >= 15 is 0 Å². The molecule has 0 radical (unpaired) electrons. The normalized spacial score (nSPS) is 11.5. The third kappa shape index (κ3) is 3.38. The topological polar surface area (TPSA) is 97.2 Å². The summed E-state index contributed by atoms with van der Waals surface area (Å²) in [6.45, 7) is 0.690. The first-order chi connectivity index (χ1) is 9.55. The van der Waals surface area contributed by atoms with E-state index in [9.17, 15) is 8.42 Å². The first-order valence-electron chi connectivity index (χ1n) is 6.03. The molecule has 0 spiro atoms. The van der Waals surface area contributed by atoms with Gasteiger partial charge in [0, 0.05) is 31.2 Å². The van der Waals surface area contributed by atoms with Crippen LogP contribution in [0.15, 0.2) is 41.4 Å². The monoisotopic (exact) mass is 295 g/mol. The predicted molar refractivity (Wildman–Crippen MR) is 76.6 cm³/mol. The van der Waals surface area contributed by atoms with Crippen molar-refractivity contribution in [2.45, 2.75) is 18.0 Å². The van der Waals surface area contributed by atoms with E-state index in [0.717, 1.165) is 5.56 Å². The average Bonchev–Trinajstić information content (AvgIpc) is 2.88. The van der Waals surface area contributed by atoms with Gasteiger partial charge in [-0.1, -0.05) is 12.1 Å². The maximum atomic E-state index is 12.2. The Labute approximate surface area is 118 Å². The number of nitrogens with one attached hydrogen (secondary N) is 2. The Balaban J connectivity index is 2.21. The van der Waals surface area contributed by atoms with Gasteiger partial charge < -0.3 is 15.5 Å². The first-order valence-corrected chi connectivity index (χ1v) is 7.51. The van der Waals surface area contributed by atoms with E-state index in [2.05, 4.69) is 9.71 Å². The number of aromatic nitrogens is 1. The van der Waals surface area contributed by atoms with Crippen LogP contribution < -0.4 is 10.5 Å². The standard InChI is InChI=1S/C13H17N3O3S/c1-19-9-10-3-2-4-11(5-10)16-20(17,18)13-6-12(7-14)15-8-13/h2-6,8,15-16H,7,9,14H2,1H3. The van der Waals surface area contributed by atoms with Gasteiger partial charge in [-0.3, -0.25) is 4.72 Å². The van der Waals surface area contributed by atoms with Gasteiger partial charge in [0.05, 0.1) is 6.61 Å². The van der Waals surface area contributed by atoms with Crippen LogP contribution in [0.5, 0.6) is 0 Å². The van der Waals surface area contributed by atoms with Crippen LogP contribution in [0.4, 0.5) is 5.69 Å². The minimum absolute atomic E-state index is 0.162. The number of aromatic amines is 1. The number of ether oxygens (including phenoxy) is 1. The highest BCUT2D eigenvalue weighted by atomic mass is 32.2. The molecule has 0 atom stereocenters. The van der Waals surface area contributed by atoms with Crippen molar-refractivity contribution in [1.82, 2.24) is 4.98 Å². The van der Waals surface area contributed by atoms with Crippen molar-refractivity contribution in [3.05, 3.63) is 47.8 Å². The van der Waals surface area contributed by atoms with E-state index in [1.165, 1.54) is 12.3 Å². The Hall–Kier alpha value is -1.83. The minimum Gasteiger partial charge on any atom is -0.380 e. The van der Waals surface area contributed by atoms with Gasteiger partial charge in [-0.15, -0.1) is 0 Å². The van der Waals surface area contributed by atoms with Crippen LogP contribution in [0.1, 0.15) is 11.3 Å². The van der Waals surface area contributed by atoms with Crippen LogP contribution in [-0.2, 0) is 27.9 Å². The summed E-state index contributed by atoms with van der Waals surface area (Å²) in [6, 6.07) is 8.57. The molecule has 2 aromatic rings. The number of anilines is 1. The molecule has 4 N–H and O–H groups in total. The zero-order valence-electron chi connectivity index (χ0n) is 11.1. The number of rotatable bonds is 6. The summed E-state index contributed by atoms with van der Waals surface area (Å²) < 4.78 is 31.9. The molecule has 20 heavy (non-hydrogen) atoms. The van der Waals surface area contributed by atoms with Crippen molar-refractivity contribution in [2.24, 2.45) is 5.73 Å². The van der Waals surface area contributed by atoms with Crippen LogP contribution in [0.3, 0.4) is 0 Å². The second-order valence-electron chi connectivity index (χ2n) is 4.30. The van der Waals surface area contributed by atoms with Gasteiger partial charge in [-0.05, 0) is 23.8 Å². The molecule has 0 saturated heterocycles. The second-order valence-corrected chi connectivity index (χ2v) is 5.99. The fraction of sp³-hybridized carbons (Fsp3) is 0.231. The predicted octanol–water partition coefficient (Wildman–Crippen LogP) is 1.42. The molecule has 0 aliphatic rings.